The van der Waals surface area contributed by atoms with Gasteiger partial charge in [0.05, 0.1) is 12.6 Å². The van der Waals surface area contributed by atoms with E-state index in [1.165, 1.54) is 11.8 Å². The van der Waals surface area contributed by atoms with E-state index < -0.39 is 146 Å². The quantitative estimate of drug-likeness (QED) is 0.0270. The van der Waals surface area contributed by atoms with Gasteiger partial charge in [0.2, 0.25) is 47.3 Å². The third-order valence-corrected chi connectivity index (χ3v) is 15.0. The number of carboxylic acid groups (broad SMARTS) is 3. The van der Waals surface area contributed by atoms with Crippen molar-refractivity contribution in [2.75, 3.05) is 25.1 Å². The van der Waals surface area contributed by atoms with Crippen molar-refractivity contribution < 1.29 is 68.1 Å². The van der Waals surface area contributed by atoms with Gasteiger partial charge in [-0.05, 0) is 78.5 Å². The predicted molar refractivity (Wildman–Crippen MR) is 315 cm³/mol. The third-order valence-electron chi connectivity index (χ3n) is 14.4. The van der Waals surface area contributed by atoms with E-state index in [4.69, 9.17) is 5.73 Å². The first kappa shape index (κ1) is 64.9. The molecule has 0 unspecified atom stereocenters. The molecule has 27 heteroatoms. The largest absolute Gasteiger partial charge is 0.481 e. The number of para-hydroxylation sites is 3. The number of benzene rings is 3. The summed E-state index contributed by atoms with van der Waals surface area (Å²) in [6.07, 6.45) is 4.85. The number of nitrogens with two attached hydrogens (primary N) is 1. The van der Waals surface area contributed by atoms with E-state index in [2.05, 4.69) is 57.5 Å². The molecule has 26 nitrogen and oxygen atoms in total. The van der Waals surface area contributed by atoms with E-state index in [1.54, 1.807) is 87.2 Å². The predicted octanol–water partition coefficient (Wildman–Crippen LogP) is 1.24. The van der Waals surface area contributed by atoms with Crippen LogP contribution >= 0.6 is 11.8 Å². The molecule has 454 valence electrons. The van der Waals surface area contributed by atoms with Crippen LogP contribution in [0.3, 0.4) is 0 Å². The van der Waals surface area contributed by atoms with E-state index in [-0.39, 0.29) is 32.1 Å². The molecule has 3 heterocycles. The highest BCUT2D eigenvalue weighted by Gasteiger charge is 2.35. The summed E-state index contributed by atoms with van der Waals surface area (Å²) >= 11 is 1.32. The standard InChI is InChI=1S/C58H72N12O14S/c1-4-31(2)51(70-57(83)46(25-34-28-62-41-16-10-7-13-37(34)41)69-54(80)42(17-19-48(72)73)66-52(78)38(59)23-32-26-60-39-14-8-5-11-35(32)39)58(84)63-29-47(71)65-44(21-22-85-3)56(82)67-43(18-20-49(74)75)55(81)68-45(53(79)64-30-50(76)77)24-33-27-61-40-15-9-6-12-36(33)40/h5-16,26-28,31,38,42-46,51,60-62H,4,17-25,29-30,59H2,1-3H3,(H,63,84)(H,64,79)(H,65,71)(H,66,78)(H,67,82)(H,68,81)(H,69,80)(H,70,83)(H,72,73)(H,74,75)(H,76,77)/t31-,38-,42-,43-,44-,45-,46-,51-/m0/s1. The minimum atomic E-state index is -1.58. The van der Waals surface area contributed by atoms with Crippen molar-refractivity contribution in [3.8, 4) is 0 Å². The number of H-pyrrole nitrogens is 3. The lowest BCUT2D eigenvalue weighted by Crippen LogP contribution is -2.60. The van der Waals surface area contributed by atoms with Crippen LogP contribution in [0.25, 0.3) is 32.7 Å². The Bertz CT molecular complexity index is 3380. The number of amides is 8. The molecule has 16 N–H and O–H groups in total. The number of fused-ring (bicyclic) bond motifs is 3. The molecular formula is C58H72N12O14S. The van der Waals surface area contributed by atoms with Crippen molar-refractivity contribution in [2.24, 2.45) is 11.7 Å². The van der Waals surface area contributed by atoms with Gasteiger partial charge in [-0.15, -0.1) is 0 Å². The number of aromatic nitrogens is 3. The van der Waals surface area contributed by atoms with Gasteiger partial charge < -0.3 is 78.5 Å². The molecular weight excluding hydrogens is 1120 g/mol. The molecule has 8 atom stereocenters. The number of aliphatic carboxylic acids is 3. The minimum absolute atomic E-state index is 0.00547. The molecule has 6 rings (SSSR count). The van der Waals surface area contributed by atoms with Gasteiger partial charge in [0.1, 0.15) is 42.8 Å². The van der Waals surface area contributed by atoms with Gasteiger partial charge in [-0.25, -0.2) is 0 Å². The maximum absolute atomic E-state index is 14.6. The first-order chi connectivity index (χ1) is 40.6. The number of aromatic amines is 3. The Kier molecular flexibility index (Phi) is 24.0. The lowest BCUT2D eigenvalue weighted by molar-refractivity contribution is -0.139. The van der Waals surface area contributed by atoms with Crippen molar-refractivity contribution in [2.45, 2.75) is 114 Å². The van der Waals surface area contributed by atoms with Crippen LogP contribution in [0.1, 0.15) is 69.1 Å². The highest BCUT2D eigenvalue weighted by Crippen LogP contribution is 2.23. The van der Waals surface area contributed by atoms with Gasteiger partial charge >= 0.3 is 17.9 Å². The Hall–Kier alpha value is -9.24. The first-order valence-electron chi connectivity index (χ1n) is 27.6. The monoisotopic (exact) mass is 1190 g/mol. The van der Waals surface area contributed by atoms with Gasteiger partial charge in [-0.2, -0.15) is 11.8 Å². The first-order valence-corrected chi connectivity index (χ1v) is 29.0. The van der Waals surface area contributed by atoms with Crippen molar-refractivity contribution in [1.82, 2.24) is 57.5 Å². The lowest BCUT2D eigenvalue weighted by Gasteiger charge is -2.28. The smallest absolute Gasteiger partial charge is 0.322 e. The Balaban J connectivity index is 1.15. The van der Waals surface area contributed by atoms with E-state index in [0.717, 1.165) is 22.0 Å². The number of carbonyl (C=O) groups excluding carboxylic acids is 8. The van der Waals surface area contributed by atoms with E-state index in [9.17, 15) is 68.1 Å². The fourth-order valence-corrected chi connectivity index (χ4v) is 10.00. The van der Waals surface area contributed by atoms with Gasteiger partial charge in [0.25, 0.3) is 0 Å². The van der Waals surface area contributed by atoms with Crippen LogP contribution in [-0.2, 0) is 72.0 Å². The molecule has 0 aliphatic rings. The molecule has 0 radical (unpaired) electrons. The zero-order valence-electron chi connectivity index (χ0n) is 47.1. The number of hydrogen-bond donors (Lipinski definition) is 15. The Morgan fingerprint density at radius 1 is 0.482 bits per heavy atom. The maximum Gasteiger partial charge on any atom is 0.322 e. The van der Waals surface area contributed by atoms with Crippen molar-refractivity contribution in [1.29, 1.82) is 0 Å². The highest BCUT2D eigenvalue weighted by molar-refractivity contribution is 7.98. The van der Waals surface area contributed by atoms with Crippen LogP contribution in [0.15, 0.2) is 91.4 Å². The van der Waals surface area contributed by atoms with E-state index in [1.807, 2.05) is 24.3 Å². The summed E-state index contributed by atoms with van der Waals surface area (Å²) < 4.78 is 0. The molecule has 8 amide bonds. The normalized spacial score (nSPS) is 14.1. The van der Waals surface area contributed by atoms with Crippen LogP contribution < -0.4 is 48.3 Å². The number of hydrogen-bond acceptors (Lipinski definition) is 13. The number of carbonyl (C=O) groups is 11. The highest BCUT2D eigenvalue weighted by atomic mass is 32.2. The second kappa shape index (κ2) is 31.4. The molecule has 85 heavy (non-hydrogen) atoms. The Labute approximate surface area is 492 Å². The molecule has 0 spiro atoms. The summed E-state index contributed by atoms with van der Waals surface area (Å²) in [6, 6.07) is 12.0. The number of carboxylic acids is 3. The Morgan fingerprint density at radius 3 is 1.33 bits per heavy atom. The third kappa shape index (κ3) is 18.9. The molecule has 0 aliphatic heterocycles. The van der Waals surface area contributed by atoms with Gasteiger partial charge in [-0.3, -0.25) is 52.7 Å². The second-order valence-electron chi connectivity index (χ2n) is 20.5. The molecule has 3 aromatic carbocycles. The molecule has 6 aromatic rings. The van der Waals surface area contributed by atoms with Gasteiger partial charge in [-0.1, -0.05) is 74.9 Å². The average Bonchev–Trinajstić information content (AvgIpc) is 2.83. The summed E-state index contributed by atoms with van der Waals surface area (Å²) in [7, 11) is 0. The van der Waals surface area contributed by atoms with E-state index >= 15 is 0 Å². The SMILES string of the molecule is CC[C@H](C)[C@H](NC(=O)[C@H](Cc1c[nH]c2ccccc12)NC(=O)[C@H](CCC(=O)O)NC(=O)[C@@H](N)Cc1c[nH]c2ccccc12)C(=O)NCC(=O)N[C@@H](CCSC)C(=O)N[C@@H](CCC(=O)O)C(=O)N[C@@H](Cc1c[nH]c2ccccc12)C(=O)NCC(=O)O. The maximum atomic E-state index is 14.6. The zero-order valence-corrected chi connectivity index (χ0v) is 47.9. The van der Waals surface area contributed by atoms with Crippen LogP contribution in [0.2, 0.25) is 0 Å². The molecule has 0 bridgehead atoms. The minimum Gasteiger partial charge on any atom is -0.481 e. The number of rotatable bonds is 34. The average molecular weight is 1190 g/mol. The summed E-state index contributed by atoms with van der Waals surface area (Å²) in [5.74, 6) is -11.2. The molecule has 0 fully saturated rings. The number of nitrogens with one attached hydrogen (secondary N) is 11. The van der Waals surface area contributed by atoms with Gasteiger partial charge in [0, 0.05) is 77.0 Å². The topological polar surface area (TPSA) is 418 Å². The van der Waals surface area contributed by atoms with Crippen LogP contribution in [0.4, 0.5) is 0 Å². The van der Waals surface area contributed by atoms with Gasteiger partial charge in [0.15, 0.2) is 0 Å². The fraction of sp³-hybridized carbons (Fsp3) is 0.397. The van der Waals surface area contributed by atoms with E-state index in [0.29, 0.717) is 39.6 Å². The summed E-state index contributed by atoms with van der Waals surface area (Å²) in [4.78, 5) is 156. The van der Waals surface area contributed by atoms with Crippen molar-refractivity contribution in [3.63, 3.8) is 0 Å². The fourth-order valence-electron chi connectivity index (χ4n) is 9.53. The summed E-state index contributed by atoms with van der Waals surface area (Å²) in [5, 5.41) is 51.1. The van der Waals surface area contributed by atoms with Crippen molar-refractivity contribution >= 4 is 110 Å². The Morgan fingerprint density at radius 2 is 0.882 bits per heavy atom. The molecule has 0 saturated carbocycles. The zero-order chi connectivity index (χ0) is 61.7. The number of thioether (sulfide) groups is 1. The lowest BCUT2D eigenvalue weighted by atomic mass is 9.97. The summed E-state index contributed by atoms with van der Waals surface area (Å²) in [6.45, 7) is 1.92. The second-order valence-corrected chi connectivity index (χ2v) is 21.5. The van der Waals surface area contributed by atoms with Crippen LogP contribution in [0, 0.1) is 5.92 Å². The summed E-state index contributed by atoms with van der Waals surface area (Å²) in [5.41, 5.74) is 10.5. The van der Waals surface area contributed by atoms with Crippen molar-refractivity contribution in [3.05, 3.63) is 108 Å². The molecule has 3 aromatic heterocycles. The van der Waals surface area contributed by atoms with Crippen LogP contribution in [-0.4, -0.2) is 163 Å². The molecule has 0 saturated heterocycles. The van der Waals surface area contributed by atoms with Crippen LogP contribution in [0.5, 0.6) is 0 Å². The molecule has 0 aliphatic carbocycles.